The average Bonchev–Trinajstić information content (AvgIpc) is 3.13. The zero-order chi connectivity index (χ0) is 21.4. The highest BCUT2D eigenvalue weighted by Gasteiger charge is 2.36. The molecule has 4 aromatic rings. The molecule has 5 rings (SSSR count). The van der Waals surface area contributed by atoms with E-state index in [1.54, 1.807) is 17.3 Å². The Morgan fingerprint density at radius 1 is 0.968 bits per heavy atom. The summed E-state index contributed by atoms with van der Waals surface area (Å²) in [6.07, 6.45) is 3.36. The topological polar surface area (TPSA) is 65.5 Å². The highest BCUT2D eigenvalue weighted by molar-refractivity contribution is 6.11. The van der Waals surface area contributed by atoms with E-state index in [0.717, 1.165) is 22.3 Å². The molecule has 31 heavy (non-hydrogen) atoms. The van der Waals surface area contributed by atoms with Gasteiger partial charge in [0.2, 0.25) is 0 Å². The molecule has 5 nitrogen and oxygen atoms in total. The maximum atomic E-state index is 13.4. The number of carbonyl (C=O) groups excluding carboxylic acids is 1. The van der Waals surface area contributed by atoms with Crippen molar-refractivity contribution in [2.45, 2.75) is 13.0 Å². The molecule has 1 fully saturated rings. The number of anilines is 1. The lowest BCUT2D eigenvalue weighted by molar-refractivity contribution is -0.114. The van der Waals surface area contributed by atoms with Crippen LogP contribution in [0, 0.1) is 6.92 Å². The lowest BCUT2D eigenvalue weighted by Crippen LogP contribution is -2.35. The number of pyridine rings is 1. The Balaban J connectivity index is 1.64. The summed E-state index contributed by atoms with van der Waals surface area (Å²) in [6.45, 7) is 1.96. The summed E-state index contributed by atoms with van der Waals surface area (Å²) in [5.41, 5.74) is 7.84. The van der Waals surface area contributed by atoms with Gasteiger partial charge < -0.3 is 5.11 Å². The fourth-order valence-electron chi connectivity index (χ4n) is 3.97. The smallest absolute Gasteiger partial charge is 0.270 e. The lowest BCUT2D eigenvalue weighted by Gasteiger charge is -2.17. The van der Waals surface area contributed by atoms with Gasteiger partial charge in [0.15, 0.2) is 0 Å². The van der Waals surface area contributed by atoms with Crippen molar-refractivity contribution in [2.24, 2.45) is 0 Å². The lowest BCUT2D eigenvalue weighted by atomic mass is 9.97. The van der Waals surface area contributed by atoms with Crippen molar-refractivity contribution >= 4 is 28.6 Å². The van der Waals surface area contributed by atoms with Gasteiger partial charge in [-0.05, 0) is 42.3 Å². The Hall–Kier alpha value is -3.96. The summed E-state index contributed by atoms with van der Waals surface area (Å²) in [4.78, 5) is 17.9. The number of aromatic hydroxyl groups is 1. The fraction of sp³-hybridized carbons (Fsp3) is 0.0769. The standard InChI is InChI=1S/C26H21N3O2/c1-17-9-8-14-21-23(17)27-16-19(25(21)30)15-22-24(18-10-4-2-5-11-18)28-29(26(22)31)20-12-6-3-7-13-20/h2-16,24,28H,1H3,(H,27,30)/t24-/m1/s1. The number of amides is 1. The zero-order valence-electron chi connectivity index (χ0n) is 17.0. The average molecular weight is 407 g/mol. The Bertz CT molecular complexity index is 1300. The quantitative estimate of drug-likeness (QED) is 0.473. The molecule has 0 saturated carbocycles. The molecule has 0 spiro atoms. The molecule has 0 bridgehead atoms. The third-order valence-electron chi connectivity index (χ3n) is 5.58. The molecule has 1 aromatic heterocycles. The van der Waals surface area contributed by atoms with Gasteiger partial charge in [0.05, 0.1) is 17.2 Å². The maximum absolute atomic E-state index is 13.4. The Morgan fingerprint density at radius 2 is 1.68 bits per heavy atom. The van der Waals surface area contributed by atoms with E-state index in [1.807, 2.05) is 85.8 Å². The van der Waals surface area contributed by atoms with Gasteiger partial charge in [0.1, 0.15) is 5.75 Å². The van der Waals surface area contributed by atoms with Crippen molar-refractivity contribution in [3.05, 3.63) is 107 Å². The van der Waals surface area contributed by atoms with Crippen molar-refractivity contribution in [3.8, 4) is 5.75 Å². The number of hydrazine groups is 1. The number of hydrogen-bond acceptors (Lipinski definition) is 4. The first-order valence-corrected chi connectivity index (χ1v) is 10.1. The first-order valence-electron chi connectivity index (χ1n) is 10.1. The minimum absolute atomic E-state index is 0.124. The SMILES string of the molecule is Cc1cccc2c(O)c(C=C3C(=O)N(c4ccccc4)N[C@@H]3c3ccccc3)cnc12. The molecule has 0 aliphatic carbocycles. The molecular formula is C26H21N3O2. The largest absolute Gasteiger partial charge is 0.507 e. The minimum atomic E-state index is -0.346. The first-order chi connectivity index (χ1) is 15.1. The van der Waals surface area contributed by atoms with Crippen molar-refractivity contribution < 1.29 is 9.90 Å². The van der Waals surface area contributed by atoms with Crippen molar-refractivity contribution in [2.75, 3.05) is 5.01 Å². The number of para-hydroxylation sites is 2. The Labute approximate surface area is 180 Å². The van der Waals surface area contributed by atoms with Gasteiger partial charge in [-0.2, -0.15) is 0 Å². The van der Waals surface area contributed by atoms with E-state index in [4.69, 9.17) is 0 Å². The third-order valence-corrected chi connectivity index (χ3v) is 5.58. The summed E-state index contributed by atoms with van der Waals surface area (Å²) in [6, 6.07) is 24.6. The number of hydrogen-bond donors (Lipinski definition) is 2. The van der Waals surface area contributed by atoms with E-state index < -0.39 is 0 Å². The summed E-state index contributed by atoms with van der Waals surface area (Å²) in [7, 11) is 0. The predicted octanol–water partition coefficient (Wildman–Crippen LogP) is 4.92. The second-order valence-corrected chi connectivity index (χ2v) is 7.58. The molecule has 1 amide bonds. The van der Waals surface area contributed by atoms with Crippen LogP contribution in [0.5, 0.6) is 5.75 Å². The molecule has 1 aliphatic rings. The van der Waals surface area contributed by atoms with Gasteiger partial charge in [-0.25, -0.2) is 10.4 Å². The van der Waals surface area contributed by atoms with Crippen LogP contribution >= 0.6 is 0 Å². The first kappa shape index (κ1) is 19.0. The number of fused-ring (bicyclic) bond motifs is 1. The van der Waals surface area contributed by atoms with Crippen LogP contribution in [-0.4, -0.2) is 16.0 Å². The molecule has 0 unspecified atom stereocenters. The molecular weight excluding hydrogens is 386 g/mol. The van der Waals surface area contributed by atoms with Crippen molar-refractivity contribution in [1.82, 2.24) is 10.4 Å². The molecule has 1 aliphatic heterocycles. The zero-order valence-corrected chi connectivity index (χ0v) is 17.0. The predicted molar refractivity (Wildman–Crippen MR) is 122 cm³/mol. The monoisotopic (exact) mass is 407 g/mol. The van der Waals surface area contributed by atoms with E-state index >= 15 is 0 Å². The van der Waals surface area contributed by atoms with Gasteiger partial charge in [0.25, 0.3) is 5.91 Å². The third kappa shape index (κ3) is 3.35. The molecule has 152 valence electrons. The number of nitrogens with one attached hydrogen (secondary N) is 1. The minimum Gasteiger partial charge on any atom is -0.507 e. The van der Waals surface area contributed by atoms with Crippen LogP contribution in [0.25, 0.3) is 17.0 Å². The number of nitrogens with zero attached hydrogens (tertiary/aromatic N) is 2. The Kier molecular flexibility index (Phi) is 4.73. The van der Waals surface area contributed by atoms with Crippen LogP contribution in [-0.2, 0) is 4.79 Å². The van der Waals surface area contributed by atoms with Crippen LogP contribution in [0.4, 0.5) is 5.69 Å². The van der Waals surface area contributed by atoms with Crippen molar-refractivity contribution in [3.63, 3.8) is 0 Å². The fourth-order valence-corrected chi connectivity index (χ4v) is 3.97. The summed E-state index contributed by atoms with van der Waals surface area (Å²) < 4.78 is 0. The van der Waals surface area contributed by atoms with Gasteiger partial charge >= 0.3 is 0 Å². The van der Waals surface area contributed by atoms with E-state index in [0.29, 0.717) is 16.5 Å². The van der Waals surface area contributed by atoms with E-state index in [9.17, 15) is 9.90 Å². The summed E-state index contributed by atoms with van der Waals surface area (Å²) in [5, 5.41) is 13.2. The number of aromatic nitrogens is 1. The molecule has 5 heteroatoms. The van der Waals surface area contributed by atoms with Crippen molar-refractivity contribution in [1.29, 1.82) is 0 Å². The van der Waals surface area contributed by atoms with Crippen LogP contribution < -0.4 is 10.4 Å². The van der Waals surface area contributed by atoms with Gasteiger partial charge in [-0.1, -0.05) is 60.7 Å². The summed E-state index contributed by atoms with van der Waals surface area (Å²) >= 11 is 0. The van der Waals surface area contributed by atoms with E-state index in [-0.39, 0.29) is 17.7 Å². The molecule has 1 saturated heterocycles. The van der Waals surface area contributed by atoms with Gasteiger partial charge in [0, 0.05) is 22.7 Å². The van der Waals surface area contributed by atoms with Gasteiger partial charge in [-0.3, -0.25) is 9.78 Å². The molecule has 0 radical (unpaired) electrons. The number of rotatable bonds is 3. The Morgan fingerprint density at radius 3 is 2.42 bits per heavy atom. The highest BCUT2D eigenvalue weighted by Crippen LogP contribution is 2.36. The van der Waals surface area contributed by atoms with E-state index in [1.165, 1.54) is 0 Å². The number of aryl methyl sites for hydroxylation is 1. The highest BCUT2D eigenvalue weighted by atomic mass is 16.3. The second kappa shape index (κ2) is 7.70. The molecule has 2 N–H and O–H groups in total. The van der Waals surface area contributed by atoms with Crippen LogP contribution in [0.3, 0.4) is 0 Å². The second-order valence-electron chi connectivity index (χ2n) is 7.58. The number of benzene rings is 3. The van der Waals surface area contributed by atoms with Crippen LogP contribution in [0.2, 0.25) is 0 Å². The van der Waals surface area contributed by atoms with Crippen LogP contribution in [0.1, 0.15) is 22.7 Å². The maximum Gasteiger partial charge on any atom is 0.270 e. The molecule has 3 aromatic carbocycles. The molecule has 2 heterocycles. The van der Waals surface area contributed by atoms with Crippen LogP contribution in [0.15, 0.2) is 90.6 Å². The van der Waals surface area contributed by atoms with E-state index in [2.05, 4.69) is 10.4 Å². The summed E-state index contributed by atoms with van der Waals surface area (Å²) in [5.74, 6) is -0.0391. The number of carbonyl (C=O) groups is 1. The van der Waals surface area contributed by atoms with Gasteiger partial charge in [-0.15, -0.1) is 0 Å². The molecule has 1 atom stereocenters. The normalized spacial score (nSPS) is 17.6.